The molecule has 118 valence electrons. The molecule has 1 aromatic rings. The van der Waals surface area contributed by atoms with E-state index >= 15 is 0 Å². The Morgan fingerprint density at radius 3 is 2.55 bits per heavy atom. The Morgan fingerprint density at radius 2 is 1.95 bits per heavy atom. The van der Waals surface area contributed by atoms with Gasteiger partial charge in [0.1, 0.15) is 11.8 Å². The molecule has 1 aliphatic rings. The Hall–Kier alpha value is -2.21. The lowest BCUT2D eigenvalue weighted by Crippen LogP contribution is -2.51. The molecule has 0 unspecified atom stereocenters. The molecule has 1 aromatic carbocycles. The van der Waals surface area contributed by atoms with Crippen LogP contribution in [0.5, 0.6) is 0 Å². The minimum Gasteiger partial charge on any atom is -0.378 e. The maximum Gasteiger partial charge on any atom is 0.254 e. The summed E-state index contributed by atoms with van der Waals surface area (Å²) in [6.45, 7) is 0. The van der Waals surface area contributed by atoms with Gasteiger partial charge in [0, 0.05) is 12.8 Å². The Morgan fingerprint density at radius 1 is 1.27 bits per heavy atom. The number of carbonyl (C=O) groups is 3. The van der Waals surface area contributed by atoms with Crippen molar-refractivity contribution in [2.24, 2.45) is 11.7 Å². The van der Waals surface area contributed by atoms with Gasteiger partial charge in [-0.2, -0.15) is 0 Å². The largest absolute Gasteiger partial charge is 0.378 e. The first-order valence-corrected chi connectivity index (χ1v) is 7.33. The number of carbonyl (C=O) groups excluding carboxylic acids is 3. The van der Waals surface area contributed by atoms with Gasteiger partial charge in [0.25, 0.3) is 5.91 Å². The third kappa shape index (κ3) is 3.92. The number of rotatable bonds is 5. The summed E-state index contributed by atoms with van der Waals surface area (Å²) in [5.41, 5.74) is 5.79. The van der Waals surface area contributed by atoms with Crippen molar-refractivity contribution in [1.82, 2.24) is 5.32 Å². The lowest BCUT2D eigenvalue weighted by molar-refractivity contribution is -0.135. The molecule has 4 N–H and O–H groups in total. The number of aliphatic hydroxyl groups excluding tert-OH is 1. The first kappa shape index (κ1) is 16.2. The van der Waals surface area contributed by atoms with Crippen molar-refractivity contribution >= 4 is 17.6 Å². The predicted octanol–water partition coefficient (Wildman–Crippen LogP) is 0.449. The molecule has 6 nitrogen and oxygen atoms in total. The van der Waals surface area contributed by atoms with E-state index in [2.05, 4.69) is 5.32 Å². The monoisotopic (exact) mass is 304 g/mol. The summed E-state index contributed by atoms with van der Waals surface area (Å²) in [5, 5.41) is 12.5. The average molecular weight is 304 g/mol. The Labute approximate surface area is 128 Å². The van der Waals surface area contributed by atoms with Crippen LogP contribution in [0.4, 0.5) is 0 Å². The van der Waals surface area contributed by atoms with Gasteiger partial charge in [0.05, 0.1) is 0 Å². The van der Waals surface area contributed by atoms with Crippen molar-refractivity contribution in [2.75, 3.05) is 0 Å². The lowest BCUT2D eigenvalue weighted by atomic mass is 9.82. The molecule has 0 aliphatic heterocycles. The molecule has 0 spiro atoms. The molecule has 0 aromatic heterocycles. The second-order valence-corrected chi connectivity index (χ2v) is 5.60. The van der Waals surface area contributed by atoms with Crippen molar-refractivity contribution in [1.29, 1.82) is 0 Å². The third-order valence-electron chi connectivity index (χ3n) is 3.96. The van der Waals surface area contributed by atoms with Gasteiger partial charge in [-0.05, 0) is 24.3 Å². The van der Waals surface area contributed by atoms with E-state index in [0.29, 0.717) is 24.8 Å². The van der Waals surface area contributed by atoms with Gasteiger partial charge in [-0.15, -0.1) is 0 Å². The fourth-order valence-electron chi connectivity index (χ4n) is 2.78. The summed E-state index contributed by atoms with van der Waals surface area (Å²) in [6, 6.07) is 7.49. The number of ketones is 1. The van der Waals surface area contributed by atoms with E-state index in [1.807, 2.05) is 0 Å². The van der Waals surface area contributed by atoms with Crippen molar-refractivity contribution < 1.29 is 19.5 Å². The number of nitrogens with one attached hydrogen (secondary N) is 1. The number of primary amides is 1. The molecule has 22 heavy (non-hydrogen) atoms. The molecule has 2 amide bonds. The number of amides is 2. The summed E-state index contributed by atoms with van der Waals surface area (Å²) < 4.78 is 0. The van der Waals surface area contributed by atoms with Crippen molar-refractivity contribution in [3.63, 3.8) is 0 Å². The SMILES string of the molecule is NC(=O)[C@H](NC(=O)[C@@H](O)c1ccccc1)[C@H]1CCCC(=O)C1. The van der Waals surface area contributed by atoms with Crippen LogP contribution in [0.15, 0.2) is 30.3 Å². The van der Waals surface area contributed by atoms with Crippen LogP contribution in [0, 0.1) is 5.92 Å². The quantitative estimate of drug-likeness (QED) is 0.733. The molecular weight excluding hydrogens is 284 g/mol. The van der Waals surface area contributed by atoms with E-state index in [1.54, 1.807) is 30.3 Å². The molecular formula is C16H20N2O4. The van der Waals surface area contributed by atoms with Crippen LogP contribution in [0.25, 0.3) is 0 Å². The first-order valence-electron chi connectivity index (χ1n) is 7.33. The minimum atomic E-state index is -1.37. The second kappa shape index (κ2) is 7.17. The number of Topliss-reactive ketones (excluding diaryl/α,β-unsaturated/α-hetero) is 1. The fraction of sp³-hybridized carbons (Fsp3) is 0.438. The zero-order valence-corrected chi connectivity index (χ0v) is 12.2. The van der Waals surface area contributed by atoms with Gasteiger partial charge in [-0.25, -0.2) is 0 Å². The topological polar surface area (TPSA) is 109 Å². The standard InChI is InChI=1S/C16H20N2O4/c17-15(21)13(11-7-4-8-12(19)9-11)18-16(22)14(20)10-5-2-1-3-6-10/h1-3,5-6,11,13-14,20H,4,7-9H2,(H2,17,21)(H,18,22)/t11-,13+,14-/m0/s1. The van der Waals surface area contributed by atoms with E-state index < -0.39 is 24.0 Å². The molecule has 0 heterocycles. The lowest BCUT2D eigenvalue weighted by Gasteiger charge is -2.28. The van der Waals surface area contributed by atoms with Crippen LogP contribution in [0.3, 0.4) is 0 Å². The number of hydrogen-bond acceptors (Lipinski definition) is 4. The van der Waals surface area contributed by atoms with Gasteiger partial charge in [-0.1, -0.05) is 30.3 Å². The number of nitrogens with two attached hydrogens (primary N) is 1. The molecule has 1 saturated carbocycles. The highest BCUT2D eigenvalue weighted by molar-refractivity contribution is 5.90. The van der Waals surface area contributed by atoms with Crippen LogP contribution < -0.4 is 11.1 Å². The predicted molar refractivity (Wildman–Crippen MR) is 79.5 cm³/mol. The van der Waals surface area contributed by atoms with Crippen LogP contribution in [-0.4, -0.2) is 28.7 Å². The second-order valence-electron chi connectivity index (χ2n) is 5.60. The fourth-order valence-corrected chi connectivity index (χ4v) is 2.78. The van der Waals surface area contributed by atoms with Gasteiger partial charge in [-0.3, -0.25) is 14.4 Å². The van der Waals surface area contributed by atoms with E-state index in [0.717, 1.165) is 0 Å². The summed E-state index contributed by atoms with van der Waals surface area (Å²) in [5.74, 6) is -1.60. The summed E-state index contributed by atoms with van der Waals surface area (Å²) in [4.78, 5) is 35.3. The van der Waals surface area contributed by atoms with Gasteiger partial charge < -0.3 is 16.2 Å². The van der Waals surface area contributed by atoms with Crippen LogP contribution in [-0.2, 0) is 14.4 Å². The van der Waals surface area contributed by atoms with E-state index in [-0.39, 0.29) is 18.1 Å². The average Bonchev–Trinajstić information content (AvgIpc) is 2.52. The number of hydrogen-bond donors (Lipinski definition) is 3. The third-order valence-corrected chi connectivity index (χ3v) is 3.96. The zero-order chi connectivity index (χ0) is 16.1. The Balaban J connectivity index is 2.06. The molecule has 0 saturated heterocycles. The Kier molecular flexibility index (Phi) is 5.27. The van der Waals surface area contributed by atoms with Crippen molar-refractivity contribution in [3.05, 3.63) is 35.9 Å². The number of aliphatic hydroxyl groups is 1. The van der Waals surface area contributed by atoms with Crippen molar-refractivity contribution in [2.45, 2.75) is 37.8 Å². The van der Waals surface area contributed by atoms with Crippen LogP contribution in [0.1, 0.15) is 37.4 Å². The molecule has 0 radical (unpaired) electrons. The first-order chi connectivity index (χ1) is 10.5. The number of benzene rings is 1. The van der Waals surface area contributed by atoms with Gasteiger partial charge in [0.15, 0.2) is 6.10 Å². The van der Waals surface area contributed by atoms with E-state index in [9.17, 15) is 19.5 Å². The molecule has 0 bridgehead atoms. The Bertz CT molecular complexity index is 559. The molecule has 3 atom stereocenters. The highest BCUT2D eigenvalue weighted by Crippen LogP contribution is 2.25. The normalized spacial score (nSPS) is 21.0. The highest BCUT2D eigenvalue weighted by atomic mass is 16.3. The zero-order valence-electron chi connectivity index (χ0n) is 12.2. The highest BCUT2D eigenvalue weighted by Gasteiger charge is 2.33. The van der Waals surface area contributed by atoms with Gasteiger partial charge >= 0.3 is 0 Å². The molecule has 1 fully saturated rings. The molecule has 1 aliphatic carbocycles. The van der Waals surface area contributed by atoms with Crippen LogP contribution in [0.2, 0.25) is 0 Å². The summed E-state index contributed by atoms with van der Waals surface area (Å²) >= 11 is 0. The summed E-state index contributed by atoms with van der Waals surface area (Å²) in [6.07, 6.45) is 0.700. The maximum absolute atomic E-state index is 12.1. The maximum atomic E-state index is 12.1. The van der Waals surface area contributed by atoms with E-state index in [4.69, 9.17) is 5.73 Å². The summed E-state index contributed by atoms with van der Waals surface area (Å²) in [7, 11) is 0. The van der Waals surface area contributed by atoms with Crippen LogP contribution >= 0.6 is 0 Å². The van der Waals surface area contributed by atoms with Crippen molar-refractivity contribution in [3.8, 4) is 0 Å². The molecule has 2 rings (SSSR count). The minimum absolute atomic E-state index is 0.0698. The van der Waals surface area contributed by atoms with E-state index in [1.165, 1.54) is 0 Å². The molecule has 6 heteroatoms. The smallest absolute Gasteiger partial charge is 0.254 e. The van der Waals surface area contributed by atoms with Gasteiger partial charge in [0.2, 0.25) is 5.91 Å².